The van der Waals surface area contributed by atoms with Crippen molar-refractivity contribution in [2.24, 2.45) is 11.8 Å². The summed E-state index contributed by atoms with van der Waals surface area (Å²) in [6.45, 7) is 5.13. The summed E-state index contributed by atoms with van der Waals surface area (Å²) in [5, 5.41) is 6.42. The number of aromatic nitrogens is 4. The van der Waals surface area contributed by atoms with Crippen molar-refractivity contribution in [3.05, 3.63) is 29.9 Å². The summed E-state index contributed by atoms with van der Waals surface area (Å²) >= 11 is 0. The van der Waals surface area contributed by atoms with Gasteiger partial charge in [-0.3, -0.25) is 0 Å². The van der Waals surface area contributed by atoms with Gasteiger partial charge in [0, 0.05) is 18.9 Å². The van der Waals surface area contributed by atoms with Crippen molar-refractivity contribution in [1.29, 1.82) is 0 Å². The number of hydrogen-bond acceptors (Lipinski definition) is 6. The molecule has 1 N–H and O–H groups in total. The number of nitrogens with zero attached hydrogens (tertiary/aromatic N) is 4. The average molecular weight is 353 g/mol. The molecule has 0 saturated carbocycles. The first-order valence-electron chi connectivity index (χ1n) is 7.98. The van der Waals surface area contributed by atoms with Crippen LogP contribution in [0.15, 0.2) is 28.6 Å². The molecular formula is C16H18F3N5O. The van der Waals surface area contributed by atoms with Crippen molar-refractivity contribution in [3.8, 4) is 11.4 Å². The first-order valence-corrected chi connectivity index (χ1v) is 7.98. The van der Waals surface area contributed by atoms with Crippen LogP contribution in [0.25, 0.3) is 11.4 Å². The van der Waals surface area contributed by atoms with Gasteiger partial charge in [-0.25, -0.2) is 9.97 Å². The van der Waals surface area contributed by atoms with E-state index in [1.165, 1.54) is 18.0 Å². The maximum atomic E-state index is 12.5. The zero-order chi connectivity index (χ0) is 18.0. The van der Waals surface area contributed by atoms with Crippen LogP contribution in [0.3, 0.4) is 0 Å². The first-order chi connectivity index (χ1) is 11.8. The van der Waals surface area contributed by atoms with E-state index in [9.17, 15) is 13.2 Å². The predicted molar refractivity (Wildman–Crippen MR) is 84.5 cm³/mol. The van der Waals surface area contributed by atoms with E-state index >= 15 is 0 Å². The van der Waals surface area contributed by atoms with Gasteiger partial charge in [0.05, 0.1) is 5.56 Å². The van der Waals surface area contributed by atoms with Gasteiger partial charge < -0.3 is 9.84 Å². The van der Waals surface area contributed by atoms with Crippen molar-refractivity contribution in [1.82, 2.24) is 20.1 Å². The number of anilines is 1. The molecule has 0 bridgehead atoms. The lowest BCUT2D eigenvalue weighted by molar-refractivity contribution is -0.159. The molecule has 134 valence electrons. The summed E-state index contributed by atoms with van der Waals surface area (Å²) in [6, 6.07) is 0. The van der Waals surface area contributed by atoms with Crippen LogP contribution in [-0.4, -0.2) is 26.7 Å². The van der Waals surface area contributed by atoms with Crippen LogP contribution in [0, 0.1) is 11.8 Å². The van der Waals surface area contributed by atoms with Gasteiger partial charge in [-0.05, 0) is 24.7 Å². The fourth-order valence-electron chi connectivity index (χ4n) is 2.61. The van der Waals surface area contributed by atoms with E-state index in [0.717, 1.165) is 12.8 Å². The first kappa shape index (κ1) is 17.4. The van der Waals surface area contributed by atoms with E-state index in [4.69, 9.17) is 0 Å². The number of hydrogen-bond donors (Lipinski definition) is 1. The van der Waals surface area contributed by atoms with Crippen LogP contribution in [0.1, 0.15) is 32.6 Å². The minimum Gasteiger partial charge on any atom is -0.350 e. The Balaban J connectivity index is 1.62. The molecule has 1 aliphatic carbocycles. The van der Waals surface area contributed by atoms with Crippen molar-refractivity contribution in [2.75, 3.05) is 11.9 Å². The minimum atomic E-state index is -4.67. The summed E-state index contributed by atoms with van der Waals surface area (Å²) < 4.78 is 41.6. The van der Waals surface area contributed by atoms with Crippen molar-refractivity contribution in [3.63, 3.8) is 0 Å². The third kappa shape index (κ3) is 4.15. The third-order valence-corrected chi connectivity index (χ3v) is 4.39. The van der Waals surface area contributed by atoms with Gasteiger partial charge in [0.1, 0.15) is 0 Å². The molecule has 2 heterocycles. The highest BCUT2D eigenvalue weighted by Crippen LogP contribution is 2.30. The third-order valence-electron chi connectivity index (χ3n) is 4.39. The predicted octanol–water partition coefficient (Wildman–Crippen LogP) is 3.95. The van der Waals surface area contributed by atoms with Crippen molar-refractivity contribution in [2.45, 2.75) is 32.9 Å². The van der Waals surface area contributed by atoms with Crippen LogP contribution in [0.5, 0.6) is 0 Å². The van der Waals surface area contributed by atoms with Crippen LogP contribution >= 0.6 is 0 Å². The molecule has 0 amide bonds. The lowest BCUT2D eigenvalue weighted by Crippen LogP contribution is -2.17. The summed E-state index contributed by atoms with van der Waals surface area (Å²) in [5.74, 6) is 0.145. The van der Waals surface area contributed by atoms with Gasteiger partial charge in [0.2, 0.25) is 11.8 Å². The standard InChI is InChI=1S/C16H18F3N5O/c1-9-3-4-11(5-10(9)2)6-20-15-21-7-12(8-22-15)13-23-14(25-24-13)16(17,18)19/h4,7-10H,3,5-6H2,1-2H3,(H,20,21,22). The highest BCUT2D eigenvalue weighted by molar-refractivity contribution is 5.52. The Morgan fingerprint density at radius 2 is 1.92 bits per heavy atom. The van der Waals surface area contributed by atoms with E-state index in [0.29, 0.717) is 24.3 Å². The van der Waals surface area contributed by atoms with E-state index in [-0.39, 0.29) is 11.4 Å². The van der Waals surface area contributed by atoms with E-state index in [1.54, 1.807) is 0 Å². The maximum Gasteiger partial charge on any atom is 0.471 e. The van der Waals surface area contributed by atoms with Gasteiger partial charge >= 0.3 is 12.1 Å². The van der Waals surface area contributed by atoms with Gasteiger partial charge in [0.25, 0.3) is 0 Å². The summed E-state index contributed by atoms with van der Waals surface area (Å²) in [7, 11) is 0. The second-order valence-electron chi connectivity index (χ2n) is 6.33. The molecule has 2 atom stereocenters. The molecule has 2 aromatic rings. The molecule has 1 aliphatic rings. The molecule has 0 aliphatic heterocycles. The molecule has 2 aromatic heterocycles. The maximum absolute atomic E-state index is 12.5. The fourth-order valence-corrected chi connectivity index (χ4v) is 2.61. The van der Waals surface area contributed by atoms with Gasteiger partial charge in [0.15, 0.2) is 0 Å². The lowest BCUT2D eigenvalue weighted by atomic mass is 9.82. The number of allylic oxidation sites excluding steroid dienone is 1. The fraction of sp³-hybridized carbons (Fsp3) is 0.500. The summed E-state index contributed by atoms with van der Waals surface area (Å²) in [5.41, 5.74) is 1.57. The Morgan fingerprint density at radius 3 is 2.52 bits per heavy atom. The molecule has 6 nitrogen and oxygen atoms in total. The molecule has 0 radical (unpaired) electrons. The number of nitrogens with one attached hydrogen (secondary N) is 1. The number of alkyl halides is 3. The number of halogens is 3. The lowest BCUT2D eigenvalue weighted by Gasteiger charge is -2.25. The largest absolute Gasteiger partial charge is 0.471 e. The SMILES string of the molecule is CC1CC=C(CNc2ncc(-c3noc(C(F)(F)F)n3)cn2)CC1C. The smallest absolute Gasteiger partial charge is 0.350 e. The molecule has 0 spiro atoms. The van der Waals surface area contributed by atoms with Crippen LogP contribution in [0.4, 0.5) is 19.1 Å². The highest BCUT2D eigenvalue weighted by Gasteiger charge is 2.38. The molecular weight excluding hydrogens is 335 g/mol. The molecule has 0 saturated heterocycles. The average Bonchev–Trinajstić information content (AvgIpc) is 3.07. The summed E-state index contributed by atoms with van der Waals surface area (Å²) in [6.07, 6.45) is 2.40. The normalized spacial score (nSPS) is 21.1. The zero-order valence-electron chi connectivity index (χ0n) is 13.8. The molecule has 2 unspecified atom stereocenters. The minimum absolute atomic E-state index is 0.198. The van der Waals surface area contributed by atoms with E-state index in [1.807, 2.05) is 0 Å². The Labute approximate surface area is 142 Å². The van der Waals surface area contributed by atoms with Gasteiger partial charge in [-0.15, -0.1) is 0 Å². The molecule has 25 heavy (non-hydrogen) atoms. The summed E-state index contributed by atoms with van der Waals surface area (Å²) in [4.78, 5) is 11.5. The van der Waals surface area contributed by atoms with E-state index in [2.05, 4.69) is 49.9 Å². The number of rotatable bonds is 4. The molecule has 3 rings (SSSR count). The Hall–Kier alpha value is -2.45. The Morgan fingerprint density at radius 1 is 1.20 bits per heavy atom. The molecule has 0 fully saturated rings. The highest BCUT2D eigenvalue weighted by atomic mass is 19.4. The Kier molecular flexibility index (Phi) is 4.73. The van der Waals surface area contributed by atoms with Crippen LogP contribution in [-0.2, 0) is 6.18 Å². The van der Waals surface area contributed by atoms with Gasteiger partial charge in [-0.2, -0.15) is 18.2 Å². The second-order valence-corrected chi connectivity index (χ2v) is 6.33. The zero-order valence-corrected chi connectivity index (χ0v) is 13.8. The Bertz CT molecular complexity index is 754. The molecule has 0 aromatic carbocycles. The van der Waals surface area contributed by atoms with Crippen LogP contribution in [0.2, 0.25) is 0 Å². The quantitative estimate of drug-likeness (QED) is 0.839. The van der Waals surface area contributed by atoms with Crippen molar-refractivity contribution >= 4 is 5.95 Å². The monoisotopic (exact) mass is 353 g/mol. The van der Waals surface area contributed by atoms with Crippen molar-refractivity contribution < 1.29 is 17.7 Å². The molecule has 9 heteroatoms. The van der Waals surface area contributed by atoms with E-state index < -0.39 is 12.1 Å². The second kappa shape index (κ2) is 6.81. The van der Waals surface area contributed by atoms with Crippen LogP contribution < -0.4 is 5.32 Å². The van der Waals surface area contributed by atoms with Gasteiger partial charge in [-0.1, -0.05) is 30.7 Å². The topological polar surface area (TPSA) is 76.7 Å².